The zero-order valence-corrected chi connectivity index (χ0v) is 16.5. The minimum atomic E-state index is -0.0103. The molecule has 0 aromatic heterocycles. The number of hydrogen-bond donors (Lipinski definition) is 0. The fourth-order valence-corrected chi connectivity index (χ4v) is 3.78. The lowest BCUT2D eigenvalue weighted by molar-refractivity contribution is -0.107. The summed E-state index contributed by atoms with van der Waals surface area (Å²) in [7, 11) is 0. The molecule has 3 nitrogen and oxygen atoms in total. The van der Waals surface area contributed by atoms with Gasteiger partial charge in [0, 0.05) is 23.4 Å². The lowest BCUT2D eigenvalue weighted by atomic mass is 10.1. The highest BCUT2D eigenvalue weighted by Crippen LogP contribution is 2.28. The Balaban J connectivity index is 1.72. The molecular formula is C24H23NO2S. The van der Waals surface area contributed by atoms with Crippen molar-refractivity contribution < 1.29 is 9.59 Å². The van der Waals surface area contributed by atoms with Crippen LogP contribution in [0, 0.1) is 0 Å². The van der Waals surface area contributed by atoms with Gasteiger partial charge in [0.05, 0.1) is 0 Å². The molecule has 0 aliphatic carbocycles. The summed E-state index contributed by atoms with van der Waals surface area (Å²) in [5.41, 5.74) is 2.99. The van der Waals surface area contributed by atoms with E-state index in [-0.39, 0.29) is 5.91 Å². The van der Waals surface area contributed by atoms with Crippen molar-refractivity contribution in [2.45, 2.75) is 24.2 Å². The summed E-state index contributed by atoms with van der Waals surface area (Å²) in [6.07, 6.45) is 3.05. The third kappa shape index (κ3) is 5.57. The molecule has 0 saturated carbocycles. The molecule has 0 N–H and O–H groups in total. The van der Waals surface area contributed by atoms with Crippen molar-refractivity contribution in [2.75, 3.05) is 6.54 Å². The van der Waals surface area contributed by atoms with Gasteiger partial charge in [0.15, 0.2) is 0 Å². The first-order valence-electron chi connectivity index (χ1n) is 9.42. The lowest BCUT2D eigenvalue weighted by Crippen LogP contribution is -2.25. The molecule has 0 atom stereocenters. The van der Waals surface area contributed by atoms with Crippen molar-refractivity contribution in [1.29, 1.82) is 0 Å². The largest absolute Gasteiger partial charge is 0.303 e. The fourth-order valence-electron chi connectivity index (χ4n) is 2.86. The molecule has 0 saturated heterocycles. The number of nitrogens with zero attached hydrogens (tertiary/aromatic N) is 1. The molecular weight excluding hydrogens is 366 g/mol. The SMILES string of the molecule is O=CCCCCN(Sc1ccc(-c2ccccc2)cc1)C(=O)c1ccccc1. The zero-order valence-electron chi connectivity index (χ0n) is 15.7. The van der Waals surface area contributed by atoms with Crippen LogP contribution >= 0.6 is 11.9 Å². The quantitative estimate of drug-likeness (QED) is 0.261. The number of benzene rings is 3. The summed E-state index contributed by atoms with van der Waals surface area (Å²) >= 11 is 1.45. The fraction of sp³-hybridized carbons (Fsp3) is 0.167. The van der Waals surface area contributed by atoms with E-state index in [0.29, 0.717) is 18.5 Å². The Morgan fingerprint density at radius 2 is 1.39 bits per heavy atom. The van der Waals surface area contributed by atoms with Gasteiger partial charge in [-0.2, -0.15) is 0 Å². The molecule has 1 amide bonds. The van der Waals surface area contributed by atoms with Gasteiger partial charge in [-0.15, -0.1) is 0 Å². The van der Waals surface area contributed by atoms with Crippen molar-refractivity contribution in [3.8, 4) is 11.1 Å². The van der Waals surface area contributed by atoms with Crippen LogP contribution < -0.4 is 0 Å². The Bertz CT molecular complexity index is 879. The topological polar surface area (TPSA) is 37.4 Å². The van der Waals surface area contributed by atoms with Crippen molar-refractivity contribution in [3.05, 3.63) is 90.5 Å². The highest BCUT2D eigenvalue weighted by molar-refractivity contribution is 7.97. The van der Waals surface area contributed by atoms with E-state index in [4.69, 9.17) is 0 Å². The summed E-state index contributed by atoms with van der Waals surface area (Å²) in [5.74, 6) is -0.0103. The molecule has 0 heterocycles. The average Bonchev–Trinajstić information content (AvgIpc) is 2.77. The molecule has 0 aliphatic rings. The molecule has 3 rings (SSSR count). The lowest BCUT2D eigenvalue weighted by Gasteiger charge is -2.21. The average molecular weight is 390 g/mol. The molecule has 3 aromatic carbocycles. The molecule has 0 radical (unpaired) electrons. The summed E-state index contributed by atoms with van der Waals surface area (Å²) < 4.78 is 1.79. The Labute approximate surface area is 170 Å². The molecule has 28 heavy (non-hydrogen) atoms. The number of hydrogen-bond acceptors (Lipinski definition) is 3. The van der Waals surface area contributed by atoms with Crippen LogP contribution in [0.25, 0.3) is 11.1 Å². The second-order valence-electron chi connectivity index (χ2n) is 6.42. The first-order valence-corrected chi connectivity index (χ1v) is 10.2. The van der Waals surface area contributed by atoms with E-state index in [1.165, 1.54) is 17.5 Å². The van der Waals surface area contributed by atoms with Crippen molar-refractivity contribution >= 4 is 24.1 Å². The number of carbonyl (C=O) groups is 2. The molecule has 4 heteroatoms. The Hall–Kier alpha value is -2.85. The van der Waals surface area contributed by atoms with Gasteiger partial charge >= 0.3 is 0 Å². The van der Waals surface area contributed by atoms with Gasteiger partial charge < -0.3 is 4.79 Å². The summed E-state index contributed by atoms with van der Waals surface area (Å²) in [6, 6.07) is 27.8. The Morgan fingerprint density at radius 3 is 2.04 bits per heavy atom. The minimum Gasteiger partial charge on any atom is -0.303 e. The summed E-state index contributed by atoms with van der Waals surface area (Å²) in [5, 5.41) is 0. The van der Waals surface area contributed by atoms with Crippen LogP contribution in [0.15, 0.2) is 89.8 Å². The van der Waals surface area contributed by atoms with Crippen molar-refractivity contribution in [1.82, 2.24) is 4.31 Å². The maximum atomic E-state index is 12.9. The van der Waals surface area contributed by atoms with Gasteiger partial charge in [-0.3, -0.25) is 9.10 Å². The van der Waals surface area contributed by atoms with E-state index in [0.717, 1.165) is 29.6 Å². The van der Waals surface area contributed by atoms with Crippen LogP contribution in [0.2, 0.25) is 0 Å². The van der Waals surface area contributed by atoms with Crippen LogP contribution in [0.4, 0.5) is 0 Å². The van der Waals surface area contributed by atoms with Gasteiger partial charge in [-0.1, -0.05) is 60.7 Å². The smallest absolute Gasteiger partial charge is 0.263 e. The number of carbonyl (C=O) groups excluding carboxylic acids is 2. The van der Waals surface area contributed by atoms with Crippen molar-refractivity contribution in [3.63, 3.8) is 0 Å². The number of aldehydes is 1. The Morgan fingerprint density at radius 1 is 0.786 bits per heavy atom. The molecule has 3 aromatic rings. The highest BCUT2D eigenvalue weighted by Gasteiger charge is 2.17. The van der Waals surface area contributed by atoms with E-state index < -0.39 is 0 Å². The molecule has 142 valence electrons. The van der Waals surface area contributed by atoms with E-state index >= 15 is 0 Å². The zero-order chi connectivity index (χ0) is 19.6. The first-order chi connectivity index (χ1) is 13.8. The standard InChI is InChI=1S/C24H23NO2S/c26-19-9-3-8-18-25(24(27)22-12-6-2-7-13-22)28-23-16-14-21(15-17-23)20-10-4-1-5-11-20/h1-2,4-7,10-17,19H,3,8-9,18H2. The first kappa shape index (κ1) is 19.9. The van der Waals surface area contributed by atoms with Crippen LogP contribution in [0.3, 0.4) is 0 Å². The normalized spacial score (nSPS) is 10.4. The number of amides is 1. The molecule has 0 spiro atoms. The van der Waals surface area contributed by atoms with Gasteiger partial charge in [0.25, 0.3) is 5.91 Å². The highest BCUT2D eigenvalue weighted by atomic mass is 32.2. The van der Waals surface area contributed by atoms with Crippen LogP contribution in [-0.4, -0.2) is 23.0 Å². The second kappa shape index (κ2) is 10.5. The Kier molecular flexibility index (Phi) is 7.44. The minimum absolute atomic E-state index is 0.0103. The van der Waals surface area contributed by atoms with Gasteiger partial charge in [-0.05, 0) is 60.2 Å². The maximum Gasteiger partial charge on any atom is 0.263 e. The van der Waals surface area contributed by atoms with Crippen LogP contribution in [0.1, 0.15) is 29.6 Å². The van der Waals surface area contributed by atoms with E-state index in [1.807, 2.05) is 60.7 Å². The molecule has 0 aliphatic heterocycles. The van der Waals surface area contributed by atoms with Gasteiger partial charge in [0.2, 0.25) is 0 Å². The number of rotatable bonds is 9. The molecule has 0 bridgehead atoms. The van der Waals surface area contributed by atoms with Crippen LogP contribution in [0.5, 0.6) is 0 Å². The summed E-state index contributed by atoms with van der Waals surface area (Å²) in [4.78, 5) is 24.5. The third-order valence-corrected chi connectivity index (χ3v) is 5.41. The van der Waals surface area contributed by atoms with Crippen LogP contribution in [-0.2, 0) is 4.79 Å². The van der Waals surface area contributed by atoms with Gasteiger partial charge in [0.1, 0.15) is 6.29 Å². The third-order valence-electron chi connectivity index (χ3n) is 4.36. The molecule has 0 unspecified atom stereocenters. The predicted molar refractivity (Wildman–Crippen MR) is 115 cm³/mol. The second-order valence-corrected chi connectivity index (χ2v) is 7.51. The van der Waals surface area contributed by atoms with E-state index in [2.05, 4.69) is 24.3 Å². The maximum absolute atomic E-state index is 12.9. The number of unbranched alkanes of at least 4 members (excludes halogenated alkanes) is 2. The van der Waals surface area contributed by atoms with E-state index in [1.54, 1.807) is 4.31 Å². The van der Waals surface area contributed by atoms with E-state index in [9.17, 15) is 9.59 Å². The predicted octanol–water partition coefficient (Wildman–Crippen LogP) is 5.87. The summed E-state index contributed by atoms with van der Waals surface area (Å²) in [6.45, 7) is 0.604. The van der Waals surface area contributed by atoms with Crippen molar-refractivity contribution in [2.24, 2.45) is 0 Å². The monoisotopic (exact) mass is 389 g/mol. The van der Waals surface area contributed by atoms with Gasteiger partial charge in [-0.25, -0.2) is 0 Å². The molecule has 0 fully saturated rings.